The van der Waals surface area contributed by atoms with Gasteiger partial charge in [-0.15, -0.1) is 0 Å². The fraction of sp³-hybridized carbons (Fsp3) is 0.467. The normalized spacial score (nSPS) is 12.1. The van der Waals surface area contributed by atoms with Gasteiger partial charge in [0.1, 0.15) is 0 Å². The van der Waals surface area contributed by atoms with Crippen molar-refractivity contribution in [2.24, 2.45) is 11.7 Å². The summed E-state index contributed by atoms with van der Waals surface area (Å²) in [6.07, 6.45) is 0.625. The molecule has 20 heavy (non-hydrogen) atoms. The molecule has 0 unspecified atom stereocenters. The minimum Gasteiger partial charge on any atom is -0.355 e. The second-order valence-electron chi connectivity index (χ2n) is 5.33. The van der Waals surface area contributed by atoms with Crippen LogP contribution in [0.25, 0.3) is 0 Å². The van der Waals surface area contributed by atoms with E-state index in [2.05, 4.69) is 10.6 Å². The Morgan fingerprint density at radius 3 is 2.50 bits per heavy atom. The summed E-state index contributed by atoms with van der Waals surface area (Å²) in [4.78, 5) is 23.6. The number of nitrogens with one attached hydrogen (secondary N) is 2. The smallest absolute Gasteiger partial charge is 0.251 e. The molecule has 1 atom stereocenters. The van der Waals surface area contributed by atoms with Gasteiger partial charge in [0.25, 0.3) is 5.91 Å². The van der Waals surface area contributed by atoms with Crippen molar-refractivity contribution in [2.75, 3.05) is 12.4 Å². The molecule has 0 heterocycles. The topological polar surface area (TPSA) is 84.2 Å². The first-order valence-corrected chi connectivity index (χ1v) is 6.74. The van der Waals surface area contributed by atoms with Gasteiger partial charge in [-0.25, -0.2) is 0 Å². The predicted molar refractivity (Wildman–Crippen MR) is 80.6 cm³/mol. The first-order valence-electron chi connectivity index (χ1n) is 6.74. The third-order valence-electron chi connectivity index (χ3n) is 3.05. The van der Waals surface area contributed by atoms with Crippen molar-refractivity contribution in [1.82, 2.24) is 5.32 Å². The van der Waals surface area contributed by atoms with Crippen LogP contribution in [0.2, 0.25) is 0 Å². The van der Waals surface area contributed by atoms with Crippen LogP contribution in [-0.2, 0) is 4.79 Å². The second-order valence-corrected chi connectivity index (χ2v) is 5.33. The van der Waals surface area contributed by atoms with Gasteiger partial charge in [-0.3, -0.25) is 9.59 Å². The summed E-state index contributed by atoms with van der Waals surface area (Å²) in [5.74, 6) is -0.0584. The molecule has 5 nitrogen and oxygen atoms in total. The summed E-state index contributed by atoms with van der Waals surface area (Å²) in [7, 11) is 1.57. The molecule has 0 aliphatic heterocycles. The molecule has 0 bridgehead atoms. The monoisotopic (exact) mass is 277 g/mol. The Hall–Kier alpha value is -1.88. The summed E-state index contributed by atoms with van der Waals surface area (Å²) < 4.78 is 0. The van der Waals surface area contributed by atoms with Crippen LogP contribution in [0, 0.1) is 12.8 Å². The lowest BCUT2D eigenvalue weighted by molar-refractivity contribution is -0.117. The molecule has 1 aromatic rings. The Labute approximate surface area is 119 Å². The maximum absolute atomic E-state index is 12.0. The van der Waals surface area contributed by atoms with Crippen molar-refractivity contribution in [1.29, 1.82) is 0 Å². The second kappa shape index (κ2) is 7.05. The van der Waals surface area contributed by atoms with Gasteiger partial charge < -0.3 is 16.4 Å². The van der Waals surface area contributed by atoms with Gasteiger partial charge >= 0.3 is 0 Å². The predicted octanol–water partition coefficient (Wildman–Crippen LogP) is 1.67. The first-order chi connectivity index (χ1) is 9.35. The van der Waals surface area contributed by atoms with E-state index in [0.717, 1.165) is 5.56 Å². The number of anilines is 1. The fourth-order valence-electron chi connectivity index (χ4n) is 1.88. The van der Waals surface area contributed by atoms with Crippen molar-refractivity contribution in [3.63, 3.8) is 0 Å². The number of amides is 2. The number of carbonyl (C=O) groups excluding carboxylic acids is 2. The summed E-state index contributed by atoms with van der Waals surface area (Å²) in [5, 5.41) is 5.34. The molecule has 0 aromatic heterocycles. The number of benzene rings is 1. The van der Waals surface area contributed by atoms with Crippen LogP contribution in [-0.4, -0.2) is 24.9 Å². The quantitative estimate of drug-likeness (QED) is 0.765. The Morgan fingerprint density at radius 1 is 1.30 bits per heavy atom. The van der Waals surface area contributed by atoms with Crippen molar-refractivity contribution in [3.8, 4) is 0 Å². The maximum Gasteiger partial charge on any atom is 0.251 e. The van der Waals surface area contributed by atoms with E-state index in [9.17, 15) is 9.59 Å². The van der Waals surface area contributed by atoms with Gasteiger partial charge in [-0.2, -0.15) is 0 Å². The molecule has 0 saturated carbocycles. The average molecular weight is 277 g/mol. The highest BCUT2D eigenvalue weighted by Crippen LogP contribution is 2.17. The summed E-state index contributed by atoms with van der Waals surface area (Å²) in [6, 6.07) is 4.64. The molecule has 110 valence electrons. The highest BCUT2D eigenvalue weighted by Gasteiger charge is 2.16. The lowest BCUT2D eigenvalue weighted by atomic mass is 10.0. The van der Waals surface area contributed by atoms with E-state index < -0.39 is 6.04 Å². The Kier molecular flexibility index (Phi) is 5.70. The SMILES string of the molecule is CNC(=O)c1ccc(C)c(NC(=O)[C@H](N)CC(C)C)c1. The van der Waals surface area contributed by atoms with Gasteiger partial charge in [-0.1, -0.05) is 19.9 Å². The zero-order chi connectivity index (χ0) is 15.3. The number of aryl methyl sites for hydroxylation is 1. The summed E-state index contributed by atoms with van der Waals surface area (Å²) in [5.41, 5.74) is 7.87. The Morgan fingerprint density at radius 2 is 1.95 bits per heavy atom. The highest BCUT2D eigenvalue weighted by molar-refractivity contribution is 5.99. The molecule has 1 rings (SSSR count). The molecule has 2 amide bonds. The zero-order valence-corrected chi connectivity index (χ0v) is 12.5. The molecular weight excluding hydrogens is 254 g/mol. The molecular formula is C15H23N3O2. The van der Waals surface area contributed by atoms with E-state index in [1.165, 1.54) is 0 Å². The summed E-state index contributed by atoms with van der Waals surface area (Å²) >= 11 is 0. The van der Waals surface area contributed by atoms with Crippen LogP contribution in [0.4, 0.5) is 5.69 Å². The first kappa shape index (κ1) is 16.2. The van der Waals surface area contributed by atoms with Crippen molar-refractivity contribution >= 4 is 17.5 Å². The molecule has 0 fully saturated rings. The third-order valence-corrected chi connectivity index (χ3v) is 3.05. The number of rotatable bonds is 5. The lowest BCUT2D eigenvalue weighted by Crippen LogP contribution is -2.36. The Balaban J connectivity index is 2.86. The van der Waals surface area contributed by atoms with Gasteiger partial charge in [0.15, 0.2) is 0 Å². The van der Waals surface area contributed by atoms with Gasteiger partial charge in [0, 0.05) is 18.3 Å². The van der Waals surface area contributed by atoms with E-state index in [1.54, 1.807) is 25.2 Å². The van der Waals surface area contributed by atoms with Gasteiger partial charge in [-0.05, 0) is 37.0 Å². The van der Waals surface area contributed by atoms with Gasteiger partial charge in [0.2, 0.25) is 5.91 Å². The molecule has 1 aromatic carbocycles. The molecule has 0 spiro atoms. The minimum atomic E-state index is -0.543. The van der Waals surface area contributed by atoms with Crippen LogP contribution in [0.1, 0.15) is 36.2 Å². The van der Waals surface area contributed by atoms with E-state index in [-0.39, 0.29) is 11.8 Å². The number of hydrogen-bond acceptors (Lipinski definition) is 3. The van der Waals surface area contributed by atoms with Crippen molar-refractivity contribution in [2.45, 2.75) is 33.2 Å². The van der Waals surface area contributed by atoms with Crippen LogP contribution >= 0.6 is 0 Å². The summed E-state index contributed by atoms with van der Waals surface area (Å²) in [6.45, 7) is 5.91. The maximum atomic E-state index is 12.0. The fourth-order valence-corrected chi connectivity index (χ4v) is 1.88. The standard InChI is InChI=1S/C15H23N3O2/c1-9(2)7-12(16)15(20)18-13-8-11(14(19)17-4)6-5-10(13)3/h5-6,8-9,12H,7,16H2,1-4H3,(H,17,19)(H,18,20)/t12-/m1/s1. The number of hydrogen-bond donors (Lipinski definition) is 3. The third kappa shape index (κ3) is 4.35. The molecule has 0 radical (unpaired) electrons. The molecule has 4 N–H and O–H groups in total. The highest BCUT2D eigenvalue weighted by atomic mass is 16.2. The number of nitrogens with two attached hydrogens (primary N) is 1. The molecule has 0 aliphatic rings. The van der Waals surface area contributed by atoms with E-state index in [4.69, 9.17) is 5.73 Å². The van der Waals surface area contributed by atoms with Crippen LogP contribution in [0.5, 0.6) is 0 Å². The van der Waals surface area contributed by atoms with Gasteiger partial charge in [0.05, 0.1) is 6.04 Å². The average Bonchev–Trinajstić information content (AvgIpc) is 2.39. The van der Waals surface area contributed by atoms with E-state index >= 15 is 0 Å². The largest absolute Gasteiger partial charge is 0.355 e. The molecule has 0 saturated heterocycles. The minimum absolute atomic E-state index is 0.188. The lowest BCUT2D eigenvalue weighted by Gasteiger charge is -2.16. The molecule has 5 heteroatoms. The Bertz CT molecular complexity index is 498. The number of carbonyl (C=O) groups is 2. The van der Waals surface area contributed by atoms with Crippen LogP contribution < -0.4 is 16.4 Å². The van der Waals surface area contributed by atoms with E-state index in [1.807, 2.05) is 20.8 Å². The zero-order valence-electron chi connectivity index (χ0n) is 12.5. The van der Waals surface area contributed by atoms with Crippen LogP contribution in [0.3, 0.4) is 0 Å². The van der Waals surface area contributed by atoms with Crippen molar-refractivity contribution < 1.29 is 9.59 Å². The van der Waals surface area contributed by atoms with Crippen molar-refractivity contribution in [3.05, 3.63) is 29.3 Å². The van der Waals surface area contributed by atoms with E-state index in [0.29, 0.717) is 23.6 Å². The van der Waals surface area contributed by atoms with Crippen LogP contribution in [0.15, 0.2) is 18.2 Å². The molecule has 0 aliphatic carbocycles.